The lowest BCUT2D eigenvalue weighted by Gasteiger charge is -2.38. The fraction of sp³-hybridized carbons (Fsp3) is 0.435. The predicted octanol–water partition coefficient (Wildman–Crippen LogP) is 5.69. The molecule has 0 aromatic heterocycles. The highest BCUT2D eigenvalue weighted by Gasteiger charge is 2.33. The summed E-state index contributed by atoms with van der Waals surface area (Å²) >= 11 is 12.0. The van der Waals surface area contributed by atoms with Crippen LogP contribution in [0.4, 0.5) is 13.2 Å². The summed E-state index contributed by atoms with van der Waals surface area (Å²) in [6.45, 7) is 5.69. The van der Waals surface area contributed by atoms with Gasteiger partial charge in [-0.05, 0) is 48.2 Å². The molecule has 0 aliphatic carbocycles. The van der Waals surface area contributed by atoms with Gasteiger partial charge in [-0.2, -0.15) is 13.2 Å². The van der Waals surface area contributed by atoms with Crippen molar-refractivity contribution in [3.8, 4) is 5.75 Å². The Bertz CT molecular complexity index is 953. The zero-order valence-corrected chi connectivity index (χ0v) is 19.4. The summed E-state index contributed by atoms with van der Waals surface area (Å²) in [5, 5.41) is 3.35. The third-order valence-electron chi connectivity index (χ3n) is 5.33. The third kappa shape index (κ3) is 6.77. The van der Waals surface area contributed by atoms with Crippen molar-refractivity contribution < 1.29 is 22.7 Å². The number of alkyl halides is 3. The number of carbonyl (C=O) groups is 1. The lowest BCUT2D eigenvalue weighted by atomic mass is 9.97. The number of ether oxygens (including phenoxy) is 1. The molecule has 0 saturated carbocycles. The maximum atomic E-state index is 12.2. The molecule has 3 rings (SSSR count). The minimum absolute atomic E-state index is 0.265. The number of carbonyl (C=O) groups excluding carboxylic acids is 1. The zero-order chi connectivity index (χ0) is 23.5. The second-order valence-corrected chi connectivity index (χ2v) is 8.96. The predicted molar refractivity (Wildman–Crippen MR) is 119 cm³/mol. The van der Waals surface area contributed by atoms with Crippen LogP contribution in [0.2, 0.25) is 10.0 Å². The van der Waals surface area contributed by atoms with E-state index in [4.69, 9.17) is 27.9 Å². The molecule has 2 aromatic rings. The molecule has 1 N–H and O–H groups in total. The molecule has 2 aromatic carbocycles. The fourth-order valence-electron chi connectivity index (χ4n) is 3.74. The number of aryl methyl sites for hydroxylation is 2. The maximum Gasteiger partial charge on any atom is 0.390 e. The van der Waals surface area contributed by atoms with Gasteiger partial charge < -0.3 is 10.1 Å². The summed E-state index contributed by atoms with van der Waals surface area (Å²) in [5.41, 5.74) is 4.02. The Morgan fingerprint density at radius 1 is 1.09 bits per heavy atom. The van der Waals surface area contributed by atoms with Crippen molar-refractivity contribution in [1.82, 2.24) is 10.2 Å². The number of nitrogens with zero attached hydrogens (tertiary/aromatic N) is 1. The number of hydrogen-bond acceptors (Lipinski definition) is 3. The number of hydrogen-bond donors (Lipinski definition) is 1. The monoisotopic (exact) mass is 488 g/mol. The van der Waals surface area contributed by atoms with E-state index in [0.717, 1.165) is 28.0 Å². The summed E-state index contributed by atoms with van der Waals surface area (Å²) < 4.78 is 42.6. The Balaban J connectivity index is 1.49. The van der Waals surface area contributed by atoms with Crippen LogP contribution >= 0.6 is 23.2 Å². The van der Waals surface area contributed by atoms with E-state index < -0.39 is 12.6 Å². The van der Waals surface area contributed by atoms with Crippen LogP contribution in [-0.4, -0.2) is 36.6 Å². The normalized spacial score (nSPS) is 14.8. The second kappa shape index (κ2) is 10.3. The Labute approximate surface area is 195 Å². The van der Waals surface area contributed by atoms with Crippen LogP contribution in [0.1, 0.15) is 28.7 Å². The molecule has 0 radical (unpaired) electrons. The molecule has 1 aliphatic heterocycles. The van der Waals surface area contributed by atoms with E-state index in [0.29, 0.717) is 36.3 Å². The van der Waals surface area contributed by atoms with Gasteiger partial charge in [0.15, 0.2) is 0 Å². The Morgan fingerprint density at radius 3 is 2.34 bits per heavy atom. The molecule has 1 heterocycles. The first-order valence-electron chi connectivity index (χ1n) is 10.3. The van der Waals surface area contributed by atoms with Crippen LogP contribution in [0.5, 0.6) is 5.75 Å². The second-order valence-electron chi connectivity index (χ2n) is 8.14. The van der Waals surface area contributed by atoms with Gasteiger partial charge >= 0.3 is 6.18 Å². The van der Waals surface area contributed by atoms with Crippen molar-refractivity contribution in [2.24, 2.45) is 5.92 Å². The van der Waals surface area contributed by atoms with E-state index >= 15 is 0 Å². The molecule has 1 aliphatic rings. The average molecular weight is 489 g/mol. The molecule has 0 unspecified atom stereocenters. The van der Waals surface area contributed by atoms with Gasteiger partial charge in [0.1, 0.15) is 12.4 Å². The van der Waals surface area contributed by atoms with Crippen molar-refractivity contribution in [2.45, 2.75) is 39.6 Å². The van der Waals surface area contributed by atoms with Crippen molar-refractivity contribution in [3.05, 3.63) is 62.6 Å². The minimum atomic E-state index is -4.26. The largest absolute Gasteiger partial charge is 0.488 e. The van der Waals surface area contributed by atoms with Gasteiger partial charge in [-0.25, -0.2) is 0 Å². The highest BCUT2D eigenvalue weighted by atomic mass is 35.5. The van der Waals surface area contributed by atoms with E-state index in [-0.39, 0.29) is 18.4 Å². The lowest BCUT2D eigenvalue weighted by Crippen LogP contribution is -2.53. The van der Waals surface area contributed by atoms with Crippen LogP contribution < -0.4 is 10.1 Å². The summed E-state index contributed by atoms with van der Waals surface area (Å²) in [6.07, 6.45) is -5.26. The first-order chi connectivity index (χ1) is 15.0. The molecule has 1 amide bonds. The Kier molecular flexibility index (Phi) is 7.96. The molecular weight excluding hydrogens is 464 g/mol. The SMILES string of the molecule is Cc1cc(CN2CC(C(=O)NCCC(F)(F)F)C2)cc(C)c1OCc1ccc(Cl)c(Cl)c1. The molecule has 174 valence electrons. The molecule has 32 heavy (non-hydrogen) atoms. The molecule has 0 atom stereocenters. The standard InChI is InChI=1S/C23H25Cl2F3N2O2/c1-14-7-17(10-30-11-18(12-30)22(31)29-6-5-23(26,27)28)8-15(2)21(14)32-13-16-3-4-19(24)20(25)9-16/h3-4,7-9,18H,5-6,10-13H2,1-2H3,(H,29,31). The topological polar surface area (TPSA) is 41.6 Å². The van der Waals surface area contributed by atoms with Crippen LogP contribution in [0, 0.1) is 19.8 Å². The molecule has 9 heteroatoms. The van der Waals surface area contributed by atoms with Gasteiger partial charge in [0.05, 0.1) is 22.4 Å². The molecule has 0 spiro atoms. The number of benzene rings is 2. The van der Waals surface area contributed by atoms with E-state index in [1.54, 1.807) is 12.1 Å². The van der Waals surface area contributed by atoms with Crippen molar-refractivity contribution in [3.63, 3.8) is 0 Å². The zero-order valence-electron chi connectivity index (χ0n) is 17.9. The van der Waals surface area contributed by atoms with Crippen molar-refractivity contribution in [2.75, 3.05) is 19.6 Å². The number of likely N-dealkylation sites (tertiary alicyclic amines) is 1. The van der Waals surface area contributed by atoms with Crippen LogP contribution in [0.25, 0.3) is 0 Å². The van der Waals surface area contributed by atoms with E-state index in [1.165, 1.54) is 0 Å². The van der Waals surface area contributed by atoms with Crippen LogP contribution in [0.15, 0.2) is 30.3 Å². The highest BCUT2D eigenvalue weighted by Crippen LogP contribution is 2.29. The summed E-state index contributed by atoms with van der Waals surface area (Å²) in [7, 11) is 0. The van der Waals surface area contributed by atoms with Gasteiger partial charge in [0.25, 0.3) is 0 Å². The van der Waals surface area contributed by atoms with E-state index in [9.17, 15) is 18.0 Å². The Hall–Kier alpha value is -1.96. The van der Waals surface area contributed by atoms with Crippen LogP contribution in [0.3, 0.4) is 0 Å². The lowest BCUT2D eigenvalue weighted by molar-refractivity contribution is -0.138. The van der Waals surface area contributed by atoms with Gasteiger partial charge in [0.2, 0.25) is 5.91 Å². The maximum absolute atomic E-state index is 12.2. The van der Waals surface area contributed by atoms with Gasteiger partial charge in [-0.1, -0.05) is 41.4 Å². The highest BCUT2D eigenvalue weighted by molar-refractivity contribution is 6.42. The van der Waals surface area contributed by atoms with Crippen LogP contribution in [-0.2, 0) is 17.9 Å². The number of halogens is 5. The number of nitrogens with one attached hydrogen (secondary N) is 1. The van der Waals surface area contributed by atoms with Crippen molar-refractivity contribution >= 4 is 29.1 Å². The molecular formula is C23H25Cl2F3N2O2. The molecule has 4 nitrogen and oxygen atoms in total. The third-order valence-corrected chi connectivity index (χ3v) is 6.07. The first kappa shape index (κ1) is 24.7. The number of rotatable bonds is 8. The van der Waals surface area contributed by atoms with E-state index in [1.807, 2.05) is 32.0 Å². The van der Waals surface area contributed by atoms with Crippen molar-refractivity contribution in [1.29, 1.82) is 0 Å². The summed E-state index contributed by atoms with van der Waals surface area (Å²) in [5.74, 6) is 0.230. The number of amides is 1. The van der Waals surface area contributed by atoms with Gasteiger partial charge in [-0.3, -0.25) is 9.69 Å². The first-order valence-corrected chi connectivity index (χ1v) is 11.0. The van der Waals surface area contributed by atoms with Gasteiger partial charge in [-0.15, -0.1) is 0 Å². The Morgan fingerprint density at radius 2 is 1.75 bits per heavy atom. The smallest absolute Gasteiger partial charge is 0.390 e. The summed E-state index contributed by atoms with van der Waals surface area (Å²) in [4.78, 5) is 14.0. The average Bonchev–Trinajstić information content (AvgIpc) is 2.65. The van der Waals surface area contributed by atoms with E-state index in [2.05, 4.69) is 10.2 Å². The quantitative estimate of drug-likeness (QED) is 0.518. The molecule has 1 saturated heterocycles. The summed E-state index contributed by atoms with van der Waals surface area (Å²) in [6, 6.07) is 9.49. The minimum Gasteiger partial charge on any atom is -0.488 e. The van der Waals surface area contributed by atoms with Gasteiger partial charge in [0, 0.05) is 26.2 Å². The fourth-order valence-corrected chi connectivity index (χ4v) is 4.06. The molecule has 1 fully saturated rings. The molecule has 0 bridgehead atoms.